The summed E-state index contributed by atoms with van der Waals surface area (Å²) >= 11 is 1.65. The van der Waals surface area contributed by atoms with Crippen molar-refractivity contribution in [3.05, 3.63) is 40.1 Å². The van der Waals surface area contributed by atoms with Crippen LogP contribution in [-0.4, -0.2) is 43.5 Å². The smallest absolute Gasteiger partial charge is 0.228 e. The van der Waals surface area contributed by atoms with Crippen molar-refractivity contribution in [1.29, 1.82) is 0 Å². The third-order valence-corrected chi connectivity index (χ3v) is 6.04. The van der Waals surface area contributed by atoms with Crippen molar-refractivity contribution >= 4 is 28.8 Å². The summed E-state index contributed by atoms with van der Waals surface area (Å²) in [6.07, 6.45) is 0.237. The number of rotatable bonds is 4. The van der Waals surface area contributed by atoms with Gasteiger partial charge >= 0.3 is 0 Å². The van der Waals surface area contributed by atoms with E-state index < -0.39 is 0 Å². The third kappa shape index (κ3) is 3.51. The molecule has 7 heteroatoms. The number of thiophene rings is 1. The molecule has 1 saturated heterocycles. The van der Waals surface area contributed by atoms with Gasteiger partial charge in [-0.15, -0.1) is 11.3 Å². The molecule has 4 rings (SSSR count). The molecule has 2 aliphatic rings. The molecule has 0 aliphatic carbocycles. The minimum absolute atomic E-state index is 0.0104. The van der Waals surface area contributed by atoms with Crippen LogP contribution in [0.4, 0.5) is 5.69 Å². The second kappa shape index (κ2) is 7.23. The average Bonchev–Trinajstić information content (AvgIpc) is 3.26. The molecule has 1 fully saturated rings. The zero-order chi connectivity index (χ0) is 19.0. The number of carbonyl (C=O) groups is 2. The lowest BCUT2D eigenvalue weighted by Gasteiger charge is -2.23. The van der Waals surface area contributed by atoms with Crippen molar-refractivity contribution in [3.63, 3.8) is 0 Å². The quantitative estimate of drug-likeness (QED) is 0.811. The summed E-state index contributed by atoms with van der Waals surface area (Å²) in [5, 5.41) is 2.03. The van der Waals surface area contributed by atoms with E-state index in [9.17, 15) is 9.59 Å². The minimum atomic E-state index is -0.323. The summed E-state index contributed by atoms with van der Waals surface area (Å²) in [5.74, 6) is 0.986. The van der Waals surface area contributed by atoms with E-state index in [0.29, 0.717) is 37.8 Å². The molecule has 142 valence electrons. The monoisotopic (exact) mass is 386 g/mol. The fourth-order valence-corrected chi connectivity index (χ4v) is 4.45. The van der Waals surface area contributed by atoms with E-state index in [1.54, 1.807) is 28.2 Å². The van der Waals surface area contributed by atoms with E-state index in [4.69, 9.17) is 9.47 Å². The van der Waals surface area contributed by atoms with Crippen LogP contribution in [0.15, 0.2) is 29.6 Å². The fraction of sp³-hybridized carbons (Fsp3) is 0.400. The van der Waals surface area contributed by atoms with Gasteiger partial charge in [0, 0.05) is 36.6 Å². The summed E-state index contributed by atoms with van der Waals surface area (Å²) in [4.78, 5) is 30.0. The molecule has 0 spiro atoms. The number of fused-ring (bicyclic) bond motifs is 1. The lowest BCUT2D eigenvalue weighted by molar-refractivity contribution is -0.135. The van der Waals surface area contributed by atoms with E-state index in [2.05, 4.69) is 6.07 Å². The van der Waals surface area contributed by atoms with Crippen molar-refractivity contribution in [2.45, 2.75) is 19.9 Å². The summed E-state index contributed by atoms with van der Waals surface area (Å²) in [6, 6.07) is 7.54. The van der Waals surface area contributed by atoms with Gasteiger partial charge < -0.3 is 19.3 Å². The van der Waals surface area contributed by atoms with Gasteiger partial charge in [-0.3, -0.25) is 9.59 Å². The molecular weight excluding hydrogens is 364 g/mol. The first kappa shape index (κ1) is 17.9. The lowest BCUT2D eigenvalue weighted by Crippen LogP contribution is -2.34. The van der Waals surface area contributed by atoms with Gasteiger partial charge in [0.1, 0.15) is 13.2 Å². The highest BCUT2D eigenvalue weighted by Crippen LogP contribution is 2.36. The van der Waals surface area contributed by atoms with Gasteiger partial charge in [0.2, 0.25) is 11.8 Å². The molecule has 0 radical (unpaired) electrons. The Morgan fingerprint density at radius 2 is 2.04 bits per heavy atom. The number of nitrogens with zero attached hydrogens (tertiary/aromatic N) is 2. The van der Waals surface area contributed by atoms with Crippen molar-refractivity contribution in [3.8, 4) is 11.5 Å². The molecule has 1 aromatic heterocycles. The van der Waals surface area contributed by atoms with Crippen LogP contribution in [-0.2, 0) is 16.1 Å². The maximum atomic E-state index is 12.8. The standard InChI is InChI=1S/C20H22N2O4S/c1-13-5-8-27-18(13)12-21(2)20(24)14-9-19(23)22(11-14)15-3-4-16-17(10-15)26-7-6-25-16/h3-5,8,10,14H,6-7,9,11-12H2,1-2H3. The fourth-order valence-electron chi connectivity index (χ4n) is 3.49. The number of hydrogen-bond acceptors (Lipinski definition) is 5. The van der Waals surface area contributed by atoms with Crippen molar-refractivity contribution in [2.75, 3.05) is 31.7 Å². The Morgan fingerprint density at radius 1 is 1.26 bits per heavy atom. The van der Waals surface area contributed by atoms with Crippen LogP contribution in [0.5, 0.6) is 11.5 Å². The molecule has 2 amide bonds. The molecule has 1 aromatic carbocycles. The maximum Gasteiger partial charge on any atom is 0.228 e. The highest BCUT2D eigenvalue weighted by Gasteiger charge is 2.37. The minimum Gasteiger partial charge on any atom is -0.486 e. The number of benzene rings is 1. The Labute approximate surface area is 162 Å². The predicted molar refractivity (Wildman–Crippen MR) is 103 cm³/mol. The summed E-state index contributed by atoms with van der Waals surface area (Å²) in [6.45, 7) is 4.05. The summed E-state index contributed by atoms with van der Waals surface area (Å²) in [7, 11) is 1.80. The van der Waals surface area contributed by atoms with Crippen LogP contribution in [0.3, 0.4) is 0 Å². The van der Waals surface area contributed by atoms with Crippen molar-refractivity contribution in [2.24, 2.45) is 5.92 Å². The zero-order valence-electron chi connectivity index (χ0n) is 15.4. The summed E-state index contributed by atoms with van der Waals surface area (Å²) < 4.78 is 11.1. The SMILES string of the molecule is Cc1ccsc1CN(C)C(=O)C1CC(=O)N(c2ccc3c(c2)OCCO3)C1. The van der Waals surface area contributed by atoms with E-state index >= 15 is 0 Å². The van der Waals surface area contributed by atoms with Gasteiger partial charge in [-0.25, -0.2) is 0 Å². The van der Waals surface area contributed by atoms with Gasteiger partial charge in [-0.2, -0.15) is 0 Å². The Kier molecular flexibility index (Phi) is 4.78. The zero-order valence-corrected chi connectivity index (χ0v) is 16.3. The first-order valence-electron chi connectivity index (χ1n) is 9.01. The number of carbonyl (C=O) groups excluding carboxylic acids is 2. The highest BCUT2D eigenvalue weighted by molar-refractivity contribution is 7.10. The highest BCUT2D eigenvalue weighted by atomic mass is 32.1. The van der Waals surface area contributed by atoms with E-state index in [1.807, 2.05) is 30.5 Å². The predicted octanol–water partition coefficient (Wildman–Crippen LogP) is 2.84. The lowest BCUT2D eigenvalue weighted by atomic mass is 10.1. The third-order valence-electron chi connectivity index (χ3n) is 5.04. The normalized spacial score (nSPS) is 18.7. The van der Waals surface area contributed by atoms with Gasteiger partial charge in [0.05, 0.1) is 12.5 Å². The van der Waals surface area contributed by atoms with Crippen LogP contribution in [0.25, 0.3) is 0 Å². The van der Waals surface area contributed by atoms with Gasteiger partial charge in [-0.1, -0.05) is 0 Å². The first-order chi connectivity index (χ1) is 13.0. The second-order valence-corrected chi connectivity index (χ2v) is 7.96. The van der Waals surface area contributed by atoms with E-state index in [0.717, 1.165) is 5.69 Å². The Bertz CT molecular complexity index is 879. The molecule has 0 N–H and O–H groups in total. The second-order valence-electron chi connectivity index (χ2n) is 6.95. The average molecular weight is 386 g/mol. The molecule has 0 bridgehead atoms. The largest absolute Gasteiger partial charge is 0.486 e. The molecule has 2 aromatic rings. The maximum absolute atomic E-state index is 12.8. The van der Waals surface area contributed by atoms with Crippen molar-refractivity contribution in [1.82, 2.24) is 4.90 Å². The van der Waals surface area contributed by atoms with Gasteiger partial charge in [-0.05, 0) is 36.1 Å². The molecule has 2 aliphatic heterocycles. The van der Waals surface area contributed by atoms with Crippen LogP contribution in [0.2, 0.25) is 0 Å². The molecule has 27 heavy (non-hydrogen) atoms. The molecule has 3 heterocycles. The molecular formula is C20H22N2O4S. The Hall–Kier alpha value is -2.54. The molecule has 6 nitrogen and oxygen atoms in total. The van der Waals surface area contributed by atoms with E-state index in [-0.39, 0.29) is 24.2 Å². The first-order valence-corrected chi connectivity index (χ1v) is 9.89. The van der Waals surface area contributed by atoms with E-state index in [1.165, 1.54) is 10.4 Å². The Balaban J connectivity index is 1.45. The number of amides is 2. The molecule has 1 atom stereocenters. The van der Waals surface area contributed by atoms with Crippen LogP contribution in [0.1, 0.15) is 16.9 Å². The molecule has 0 saturated carbocycles. The number of hydrogen-bond donors (Lipinski definition) is 0. The van der Waals surface area contributed by atoms with Crippen LogP contribution < -0.4 is 14.4 Å². The Morgan fingerprint density at radius 3 is 2.78 bits per heavy atom. The van der Waals surface area contributed by atoms with Gasteiger partial charge in [0.15, 0.2) is 11.5 Å². The summed E-state index contributed by atoms with van der Waals surface area (Å²) in [5.41, 5.74) is 1.94. The van der Waals surface area contributed by atoms with Crippen molar-refractivity contribution < 1.29 is 19.1 Å². The number of anilines is 1. The van der Waals surface area contributed by atoms with Crippen LogP contribution in [0, 0.1) is 12.8 Å². The van der Waals surface area contributed by atoms with Gasteiger partial charge in [0.25, 0.3) is 0 Å². The number of ether oxygens (including phenoxy) is 2. The topological polar surface area (TPSA) is 59.1 Å². The van der Waals surface area contributed by atoms with Crippen LogP contribution >= 0.6 is 11.3 Å². The number of aryl methyl sites for hydroxylation is 1. The molecule has 1 unspecified atom stereocenters.